The highest BCUT2D eigenvalue weighted by Crippen LogP contribution is 2.28. The molecule has 1 saturated heterocycles. The summed E-state index contributed by atoms with van der Waals surface area (Å²) < 4.78 is 16.3. The maximum Gasteiger partial charge on any atom is 0.335 e. The second-order valence-corrected chi connectivity index (χ2v) is 11.6. The normalized spacial score (nSPS) is 14.2. The number of aromatic carboxylic acids is 1. The first-order valence-electron chi connectivity index (χ1n) is 14.5. The van der Waals surface area contributed by atoms with Crippen LogP contribution in [0.25, 0.3) is 11.0 Å². The summed E-state index contributed by atoms with van der Waals surface area (Å²) in [4.78, 5) is 27.9. The minimum Gasteiger partial charge on any atom is -0.486 e. The number of imidazole rings is 2. The van der Waals surface area contributed by atoms with Crippen LogP contribution in [0.3, 0.4) is 0 Å². The molecule has 0 radical (unpaired) electrons. The van der Waals surface area contributed by atoms with Crippen molar-refractivity contribution in [1.82, 2.24) is 29.0 Å². The SMILES string of the molecule is CCn1cncc1Cn1c(CN2CCC(Oc3cccc(COc4ccc(Cl)cc4Cl)n3)CC2)nc2ccc(C(=O)O)cc21. The zero-order valence-corrected chi connectivity index (χ0v) is 25.7. The smallest absolute Gasteiger partial charge is 0.335 e. The minimum atomic E-state index is -0.958. The summed E-state index contributed by atoms with van der Waals surface area (Å²) in [5.74, 6) is 1.04. The van der Waals surface area contributed by atoms with Gasteiger partial charge in [-0.15, -0.1) is 0 Å². The Bertz CT molecular complexity index is 1780. The van der Waals surface area contributed by atoms with Crippen LogP contribution in [0.15, 0.2) is 67.1 Å². The zero-order valence-electron chi connectivity index (χ0n) is 24.2. The number of likely N-dealkylation sites (tertiary alicyclic amines) is 1. The summed E-state index contributed by atoms with van der Waals surface area (Å²) in [6.45, 7) is 5.99. The van der Waals surface area contributed by atoms with Crippen LogP contribution in [0.5, 0.6) is 11.6 Å². The van der Waals surface area contributed by atoms with Gasteiger partial charge in [0, 0.05) is 36.9 Å². The Hall–Kier alpha value is -4.12. The van der Waals surface area contributed by atoms with Crippen molar-refractivity contribution in [3.63, 3.8) is 0 Å². The topological polar surface area (TPSA) is 108 Å². The summed E-state index contributed by atoms with van der Waals surface area (Å²) in [6.07, 6.45) is 5.39. The van der Waals surface area contributed by atoms with E-state index in [0.29, 0.717) is 34.8 Å². The standard InChI is InChI=1S/C32H32Cl2N6O4/c1-2-39-20-35-16-24(39)17-40-28-14-21(32(41)42)6-8-27(28)37-30(40)18-38-12-10-25(11-13-38)44-31-5-3-4-23(36-31)19-43-29-9-7-22(33)15-26(29)34/h3-9,14-16,20,25H,2,10-13,17-19H2,1H3,(H,41,42). The number of carbonyl (C=O) groups is 1. The van der Waals surface area contributed by atoms with Gasteiger partial charge in [0.05, 0.1) is 52.4 Å². The Labute approximate surface area is 264 Å². The fourth-order valence-corrected chi connectivity index (χ4v) is 5.90. The third-order valence-electron chi connectivity index (χ3n) is 7.77. The van der Waals surface area contributed by atoms with E-state index >= 15 is 0 Å². The van der Waals surface area contributed by atoms with Gasteiger partial charge in [-0.05, 0) is 62.2 Å². The first-order valence-corrected chi connectivity index (χ1v) is 15.3. The predicted octanol–water partition coefficient (Wildman–Crippen LogP) is 6.32. The molecular formula is C32H32Cl2N6O4. The summed E-state index contributed by atoms with van der Waals surface area (Å²) >= 11 is 12.2. The first kappa shape index (κ1) is 29.9. The van der Waals surface area contributed by atoms with Crippen LogP contribution >= 0.6 is 23.2 Å². The summed E-state index contributed by atoms with van der Waals surface area (Å²) in [5, 5.41) is 10.6. The molecule has 44 heavy (non-hydrogen) atoms. The molecule has 0 bridgehead atoms. The van der Waals surface area contributed by atoms with E-state index in [1.807, 2.05) is 30.7 Å². The van der Waals surface area contributed by atoms with Crippen LogP contribution in [0, 0.1) is 0 Å². The first-order chi connectivity index (χ1) is 21.4. The molecule has 0 spiro atoms. The third-order valence-corrected chi connectivity index (χ3v) is 8.30. The van der Waals surface area contributed by atoms with Gasteiger partial charge < -0.3 is 23.7 Å². The maximum atomic E-state index is 11.7. The van der Waals surface area contributed by atoms with E-state index in [1.54, 1.807) is 36.4 Å². The molecule has 0 aliphatic carbocycles. The van der Waals surface area contributed by atoms with Gasteiger partial charge in [-0.1, -0.05) is 29.3 Å². The highest BCUT2D eigenvalue weighted by Gasteiger charge is 2.24. The van der Waals surface area contributed by atoms with Crippen molar-refractivity contribution in [2.45, 2.75) is 52.1 Å². The number of aryl methyl sites for hydroxylation is 1. The number of benzene rings is 2. The van der Waals surface area contributed by atoms with E-state index in [9.17, 15) is 9.90 Å². The molecule has 10 nitrogen and oxygen atoms in total. The largest absolute Gasteiger partial charge is 0.486 e. The lowest BCUT2D eigenvalue weighted by atomic mass is 10.1. The molecule has 6 rings (SSSR count). The van der Waals surface area contributed by atoms with Crippen molar-refractivity contribution >= 4 is 40.2 Å². The molecule has 1 aliphatic heterocycles. The van der Waals surface area contributed by atoms with E-state index in [1.165, 1.54) is 0 Å². The van der Waals surface area contributed by atoms with Crippen molar-refractivity contribution in [1.29, 1.82) is 0 Å². The number of halogens is 2. The van der Waals surface area contributed by atoms with Gasteiger partial charge in [-0.3, -0.25) is 4.90 Å². The summed E-state index contributed by atoms with van der Waals surface area (Å²) in [7, 11) is 0. The molecule has 0 atom stereocenters. The molecule has 0 saturated carbocycles. The second-order valence-electron chi connectivity index (χ2n) is 10.7. The molecule has 4 heterocycles. The van der Waals surface area contributed by atoms with Crippen LogP contribution in [-0.2, 0) is 26.2 Å². The number of fused-ring (bicyclic) bond motifs is 1. The molecule has 2 aromatic carbocycles. The fourth-order valence-electron chi connectivity index (χ4n) is 5.43. The van der Waals surface area contributed by atoms with Crippen LogP contribution in [0.4, 0.5) is 0 Å². The van der Waals surface area contributed by atoms with Gasteiger partial charge in [0.2, 0.25) is 5.88 Å². The van der Waals surface area contributed by atoms with Crippen LogP contribution in [-0.4, -0.2) is 59.3 Å². The molecule has 12 heteroatoms. The molecule has 3 aromatic heterocycles. The van der Waals surface area contributed by atoms with E-state index in [0.717, 1.165) is 60.7 Å². The predicted molar refractivity (Wildman–Crippen MR) is 168 cm³/mol. The van der Waals surface area contributed by atoms with Crippen LogP contribution < -0.4 is 9.47 Å². The molecule has 0 amide bonds. The number of carboxylic acids is 1. The lowest BCUT2D eigenvalue weighted by Crippen LogP contribution is -2.38. The van der Waals surface area contributed by atoms with Gasteiger partial charge >= 0.3 is 5.97 Å². The van der Waals surface area contributed by atoms with Crippen molar-refractivity contribution in [3.05, 3.63) is 99.9 Å². The number of nitrogens with zero attached hydrogens (tertiary/aromatic N) is 6. The van der Waals surface area contributed by atoms with Gasteiger partial charge in [-0.25, -0.2) is 19.7 Å². The van der Waals surface area contributed by atoms with E-state index in [-0.39, 0.29) is 18.3 Å². The minimum absolute atomic E-state index is 0.0384. The highest BCUT2D eigenvalue weighted by molar-refractivity contribution is 6.35. The van der Waals surface area contributed by atoms with E-state index in [4.69, 9.17) is 37.7 Å². The Morgan fingerprint density at radius 1 is 1.05 bits per heavy atom. The van der Waals surface area contributed by atoms with Gasteiger partial charge in [0.1, 0.15) is 24.3 Å². The molecule has 1 fully saturated rings. The Kier molecular flexibility index (Phi) is 9.02. The molecular weight excluding hydrogens is 603 g/mol. The van der Waals surface area contributed by atoms with Gasteiger partial charge in [0.25, 0.3) is 0 Å². The fraction of sp³-hybridized carbons (Fsp3) is 0.312. The number of pyridine rings is 1. The van der Waals surface area contributed by atoms with Gasteiger partial charge in [-0.2, -0.15) is 0 Å². The molecule has 0 unspecified atom stereocenters. The number of hydrogen-bond acceptors (Lipinski definition) is 7. The number of rotatable bonds is 11. The molecule has 5 aromatic rings. The number of hydrogen-bond donors (Lipinski definition) is 1. The van der Waals surface area contributed by atoms with Crippen LogP contribution in [0.2, 0.25) is 10.0 Å². The molecule has 1 N–H and O–H groups in total. The maximum absolute atomic E-state index is 11.7. The quantitative estimate of drug-likeness (QED) is 0.180. The molecule has 228 valence electrons. The average Bonchev–Trinajstić information content (AvgIpc) is 3.61. The van der Waals surface area contributed by atoms with Crippen molar-refractivity contribution < 1.29 is 19.4 Å². The number of carboxylic acid groups (broad SMARTS) is 1. The Morgan fingerprint density at radius 3 is 2.66 bits per heavy atom. The zero-order chi connectivity index (χ0) is 30.6. The lowest BCUT2D eigenvalue weighted by Gasteiger charge is -2.31. The number of piperidine rings is 1. The Morgan fingerprint density at radius 2 is 1.89 bits per heavy atom. The highest BCUT2D eigenvalue weighted by atomic mass is 35.5. The van der Waals surface area contributed by atoms with E-state index in [2.05, 4.69) is 30.9 Å². The van der Waals surface area contributed by atoms with Crippen molar-refractivity contribution in [3.8, 4) is 11.6 Å². The second kappa shape index (κ2) is 13.3. The summed E-state index contributed by atoms with van der Waals surface area (Å²) in [6, 6.07) is 15.9. The monoisotopic (exact) mass is 634 g/mol. The molecule has 1 aliphatic rings. The van der Waals surface area contributed by atoms with Crippen LogP contribution in [0.1, 0.15) is 47.3 Å². The third kappa shape index (κ3) is 6.83. The summed E-state index contributed by atoms with van der Waals surface area (Å²) in [5.41, 5.74) is 3.59. The number of aromatic nitrogens is 5. The Balaban J connectivity index is 1.10. The average molecular weight is 636 g/mol. The number of ether oxygens (including phenoxy) is 2. The lowest BCUT2D eigenvalue weighted by molar-refractivity contribution is 0.0697. The van der Waals surface area contributed by atoms with Gasteiger partial charge in [0.15, 0.2) is 0 Å². The van der Waals surface area contributed by atoms with Crippen molar-refractivity contribution in [2.75, 3.05) is 13.1 Å². The van der Waals surface area contributed by atoms with Crippen molar-refractivity contribution in [2.24, 2.45) is 0 Å². The van der Waals surface area contributed by atoms with E-state index < -0.39 is 5.97 Å².